The van der Waals surface area contributed by atoms with E-state index < -0.39 is 0 Å². The Labute approximate surface area is 148 Å². The van der Waals surface area contributed by atoms with Gasteiger partial charge in [-0.05, 0) is 38.8 Å². The Morgan fingerprint density at radius 3 is 2.62 bits per heavy atom. The Hall–Kier alpha value is -2.08. The smallest absolute Gasteiger partial charge is 0.191 e. The number of aromatic nitrogens is 1. The summed E-state index contributed by atoms with van der Waals surface area (Å²) in [7, 11) is 1.78. The molecule has 0 aliphatic rings. The number of unbranched alkanes of at least 4 members (excludes halogenated alkanes) is 1. The van der Waals surface area contributed by atoms with Crippen molar-refractivity contribution in [1.29, 1.82) is 0 Å². The van der Waals surface area contributed by atoms with Gasteiger partial charge in [-0.15, -0.1) is 11.3 Å². The first-order chi connectivity index (χ1) is 11.7. The van der Waals surface area contributed by atoms with Crippen LogP contribution in [0.5, 0.6) is 5.75 Å². The average Bonchev–Trinajstić information content (AvgIpc) is 3.00. The quantitative estimate of drug-likeness (QED) is 0.437. The van der Waals surface area contributed by atoms with E-state index in [4.69, 9.17) is 4.74 Å². The fraction of sp³-hybridized carbons (Fsp3) is 0.444. The molecule has 0 unspecified atom stereocenters. The van der Waals surface area contributed by atoms with Crippen LogP contribution in [-0.2, 0) is 6.54 Å². The molecule has 5 nitrogen and oxygen atoms in total. The highest BCUT2D eigenvalue weighted by Gasteiger charge is 2.01. The van der Waals surface area contributed by atoms with Crippen LogP contribution in [0.25, 0.3) is 0 Å². The molecule has 1 aromatic heterocycles. The predicted octanol–water partition coefficient (Wildman–Crippen LogP) is 3.28. The van der Waals surface area contributed by atoms with E-state index in [9.17, 15) is 0 Å². The zero-order valence-corrected chi connectivity index (χ0v) is 15.4. The minimum absolute atomic E-state index is 0.703. The molecule has 0 radical (unpaired) electrons. The number of ether oxygens (including phenoxy) is 1. The van der Waals surface area contributed by atoms with Crippen LogP contribution in [-0.4, -0.2) is 31.1 Å². The maximum Gasteiger partial charge on any atom is 0.191 e. The fourth-order valence-corrected chi connectivity index (χ4v) is 2.85. The van der Waals surface area contributed by atoms with E-state index in [0.717, 1.165) is 42.7 Å². The molecule has 130 valence electrons. The SMILES string of the molecule is CN=C(NCCCCOc1ccc(C)cc1)NCc1ncc(C)s1. The van der Waals surface area contributed by atoms with E-state index in [1.807, 2.05) is 18.3 Å². The van der Waals surface area contributed by atoms with E-state index >= 15 is 0 Å². The fourth-order valence-electron chi connectivity index (χ4n) is 2.12. The molecular weight excluding hydrogens is 320 g/mol. The molecule has 0 saturated carbocycles. The van der Waals surface area contributed by atoms with Crippen LogP contribution in [0.4, 0.5) is 0 Å². The molecule has 0 fully saturated rings. The molecule has 6 heteroatoms. The second-order valence-electron chi connectivity index (χ2n) is 5.59. The standard InChI is InChI=1S/C18H26N4OS/c1-14-6-8-16(9-7-14)23-11-5-4-10-20-18(19-3)22-13-17-21-12-15(2)24-17/h6-9,12H,4-5,10-11,13H2,1-3H3,(H2,19,20,22). The molecule has 24 heavy (non-hydrogen) atoms. The first kappa shape index (κ1) is 18.3. The summed E-state index contributed by atoms with van der Waals surface area (Å²) >= 11 is 1.70. The highest BCUT2D eigenvalue weighted by Crippen LogP contribution is 2.12. The van der Waals surface area contributed by atoms with Gasteiger partial charge in [-0.1, -0.05) is 17.7 Å². The summed E-state index contributed by atoms with van der Waals surface area (Å²) in [6.45, 7) is 6.44. The Bertz CT molecular complexity index is 637. The van der Waals surface area contributed by atoms with Gasteiger partial charge in [-0.2, -0.15) is 0 Å². The Kier molecular flexibility index (Phi) is 7.55. The van der Waals surface area contributed by atoms with Crippen molar-refractivity contribution in [3.63, 3.8) is 0 Å². The third-order valence-electron chi connectivity index (χ3n) is 3.45. The molecule has 0 aliphatic carbocycles. The first-order valence-corrected chi connectivity index (χ1v) is 9.04. The second-order valence-corrected chi connectivity index (χ2v) is 6.91. The zero-order chi connectivity index (χ0) is 17.2. The topological polar surface area (TPSA) is 58.5 Å². The maximum atomic E-state index is 5.72. The van der Waals surface area contributed by atoms with Crippen molar-refractivity contribution < 1.29 is 4.74 Å². The molecule has 0 aliphatic heterocycles. The number of aliphatic imine (C=N–C) groups is 1. The summed E-state index contributed by atoms with van der Waals surface area (Å²) in [5.41, 5.74) is 1.25. The Morgan fingerprint density at radius 2 is 1.96 bits per heavy atom. The van der Waals surface area contributed by atoms with Crippen molar-refractivity contribution in [1.82, 2.24) is 15.6 Å². The zero-order valence-electron chi connectivity index (χ0n) is 14.6. The molecule has 1 heterocycles. The van der Waals surface area contributed by atoms with Gasteiger partial charge in [0.25, 0.3) is 0 Å². The lowest BCUT2D eigenvalue weighted by atomic mass is 10.2. The molecule has 0 saturated heterocycles. The van der Waals surface area contributed by atoms with E-state index in [-0.39, 0.29) is 0 Å². The number of thiazole rings is 1. The number of aryl methyl sites for hydroxylation is 2. The molecule has 2 rings (SSSR count). The molecular formula is C18H26N4OS. The first-order valence-electron chi connectivity index (χ1n) is 8.22. The van der Waals surface area contributed by atoms with Gasteiger partial charge in [0.1, 0.15) is 10.8 Å². The van der Waals surface area contributed by atoms with E-state index in [1.54, 1.807) is 18.4 Å². The van der Waals surface area contributed by atoms with Crippen LogP contribution in [0.3, 0.4) is 0 Å². The number of benzene rings is 1. The van der Waals surface area contributed by atoms with Crippen molar-refractivity contribution in [3.05, 3.63) is 45.9 Å². The van der Waals surface area contributed by atoms with Crippen LogP contribution < -0.4 is 15.4 Å². The van der Waals surface area contributed by atoms with Gasteiger partial charge in [-0.25, -0.2) is 4.98 Å². The molecule has 2 N–H and O–H groups in total. The molecule has 2 aromatic rings. The largest absolute Gasteiger partial charge is 0.494 e. The monoisotopic (exact) mass is 346 g/mol. The lowest BCUT2D eigenvalue weighted by molar-refractivity contribution is 0.307. The summed E-state index contributed by atoms with van der Waals surface area (Å²) < 4.78 is 5.72. The average molecular weight is 347 g/mol. The van der Waals surface area contributed by atoms with Gasteiger partial charge in [-0.3, -0.25) is 4.99 Å². The lowest BCUT2D eigenvalue weighted by Gasteiger charge is -2.11. The lowest BCUT2D eigenvalue weighted by Crippen LogP contribution is -2.37. The summed E-state index contributed by atoms with van der Waals surface area (Å²) in [4.78, 5) is 9.78. The van der Waals surface area contributed by atoms with Gasteiger partial charge in [0, 0.05) is 24.7 Å². The van der Waals surface area contributed by atoms with Crippen molar-refractivity contribution in [2.24, 2.45) is 4.99 Å². The highest BCUT2D eigenvalue weighted by atomic mass is 32.1. The third-order valence-corrected chi connectivity index (χ3v) is 4.37. The van der Waals surface area contributed by atoms with Gasteiger partial charge in [0.05, 0.1) is 13.2 Å². The number of hydrogen-bond acceptors (Lipinski definition) is 4. The van der Waals surface area contributed by atoms with Crippen molar-refractivity contribution >= 4 is 17.3 Å². The van der Waals surface area contributed by atoms with Gasteiger partial charge < -0.3 is 15.4 Å². The molecule has 0 amide bonds. The van der Waals surface area contributed by atoms with Crippen molar-refractivity contribution in [2.45, 2.75) is 33.2 Å². The van der Waals surface area contributed by atoms with Gasteiger partial charge in [0.2, 0.25) is 0 Å². The Morgan fingerprint density at radius 1 is 1.17 bits per heavy atom. The van der Waals surface area contributed by atoms with Crippen LogP contribution in [0.2, 0.25) is 0 Å². The predicted molar refractivity (Wildman–Crippen MR) is 101 cm³/mol. The minimum Gasteiger partial charge on any atom is -0.494 e. The third kappa shape index (κ3) is 6.58. The molecule has 1 aromatic carbocycles. The minimum atomic E-state index is 0.703. The van der Waals surface area contributed by atoms with Crippen LogP contribution in [0.1, 0.15) is 28.3 Å². The highest BCUT2D eigenvalue weighted by molar-refractivity contribution is 7.11. The summed E-state index contributed by atoms with van der Waals surface area (Å²) in [5, 5.41) is 7.66. The maximum absolute atomic E-state index is 5.72. The van der Waals surface area contributed by atoms with E-state index in [2.05, 4.69) is 46.6 Å². The number of nitrogens with one attached hydrogen (secondary N) is 2. The molecule has 0 bridgehead atoms. The molecule has 0 spiro atoms. The second kappa shape index (κ2) is 9.93. The normalized spacial score (nSPS) is 11.4. The summed E-state index contributed by atoms with van der Waals surface area (Å²) in [6, 6.07) is 8.16. The van der Waals surface area contributed by atoms with Crippen LogP contribution in [0.15, 0.2) is 35.5 Å². The van der Waals surface area contributed by atoms with Crippen LogP contribution >= 0.6 is 11.3 Å². The van der Waals surface area contributed by atoms with Crippen molar-refractivity contribution in [2.75, 3.05) is 20.2 Å². The van der Waals surface area contributed by atoms with Crippen molar-refractivity contribution in [3.8, 4) is 5.75 Å². The van der Waals surface area contributed by atoms with Gasteiger partial charge in [0.15, 0.2) is 5.96 Å². The van der Waals surface area contributed by atoms with Gasteiger partial charge >= 0.3 is 0 Å². The van der Waals surface area contributed by atoms with E-state index in [1.165, 1.54) is 10.4 Å². The number of nitrogens with zero attached hydrogens (tertiary/aromatic N) is 2. The number of rotatable bonds is 8. The number of hydrogen-bond donors (Lipinski definition) is 2. The Balaban J connectivity index is 1.56. The van der Waals surface area contributed by atoms with E-state index in [0.29, 0.717) is 6.54 Å². The van der Waals surface area contributed by atoms with Crippen LogP contribution in [0, 0.1) is 13.8 Å². The summed E-state index contributed by atoms with van der Waals surface area (Å²) in [6.07, 6.45) is 3.93. The summed E-state index contributed by atoms with van der Waals surface area (Å²) in [5.74, 6) is 1.74. The molecule has 0 atom stereocenters. The number of guanidine groups is 1.